The number of esters is 1. The molecule has 0 fully saturated rings. The largest absolute Gasteiger partial charge is 0.455 e. The van der Waals surface area contributed by atoms with Crippen LogP contribution in [0.3, 0.4) is 0 Å². The quantitative estimate of drug-likeness (QED) is 0.629. The van der Waals surface area contributed by atoms with E-state index in [4.69, 9.17) is 27.9 Å². The first-order valence-electron chi connectivity index (χ1n) is 7.98. The predicted octanol–water partition coefficient (Wildman–Crippen LogP) is 2.39. The van der Waals surface area contributed by atoms with Crippen LogP contribution >= 0.6 is 23.2 Å². The van der Waals surface area contributed by atoms with Crippen molar-refractivity contribution in [3.63, 3.8) is 0 Å². The van der Waals surface area contributed by atoms with Crippen molar-refractivity contribution in [3.8, 4) is 0 Å². The zero-order chi connectivity index (χ0) is 19.4. The lowest BCUT2D eigenvalue weighted by Crippen LogP contribution is -2.31. The third-order valence-electron chi connectivity index (χ3n) is 3.63. The summed E-state index contributed by atoms with van der Waals surface area (Å²) in [7, 11) is 0. The molecule has 0 unspecified atom stereocenters. The minimum absolute atomic E-state index is 0.158. The van der Waals surface area contributed by atoms with Crippen LogP contribution < -0.4 is 5.32 Å². The van der Waals surface area contributed by atoms with Gasteiger partial charge in [-0.1, -0.05) is 29.3 Å². The van der Waals surface area contributed by atoms with Crippen LogP contribution in [0.15, 0.2) is 36.7 Å². The number of benzene rings is 1. The number of fused-ring (bicyclic) bond motifs is 1. The van der Waals surface area contributed by atoms with E-state index in [0.717, 1.165) is 0 Å². The van der Waals surface area contributed by atoms with Crippen molar-refractivity contribution in [1.82, 2.24) is 24.9 Å². The third kappa shape index (κ3) is 4.93. The molecule has 3 rings (SSSR count). The number of nitrogens with zero attached hydrogens (tertiary/aromatic N) is 4. The Balaban J connectivity index is 1.50. The summed E-state index contributed by atoms with van der Waals surface area (Å²) in [5, 5.41) is 7.76. The van der Waals surface area contributed by atoms with Gasteiger partial charge in [0.1, 0.15) is 6.42 Å². The lowest BCUT2D eigenvalue weighted by atomic mass is 10.1. The molecule has 0 aliphatic carbocycles. The Labute approximate surface area is 164 Å². The molecule has 140 valence electrons. The van der Waals surface area contributed by atoms with Gasteiger partial charge in [-0.3, -0.25) is 9.59 Å². The van der Waals surface area contributed by atoms with Gasteiger partial charge in [0.2, 0.25) is 0 Å². The summed E-state index contributed by atoms with van der Waals surface area (Å²) in [4.78, 5) is 32.0. The standard InChI is InChI=1S/C17H15Cl2N5O3/c1-10(12-4-3-11(18)7-13(12)19)21-15(25)9-27-16(26)8-14-22-17-20-5-2-6-24(17)23-14/h2-7,10H,8-9H2,1H3,(H,21,25)/t10-/m0/s1. The molecule has 10 heteroatoms. The molecule has 8 nitrogen and oxygen atoms in total. The Hall–Kier alpha value is -2.71. The molecule has 27 heavy (non-hydrogen) atoms. The van der Waals surface area contributed by atoms with Gasteiger partial charge in [0.15, 0.2) is 12.4 Å². The Morgan fingerprint density at radius 3 is 2.89 bits per heavy atom. The molecule has 2 heterocycles. The summed E-state index contributed by atoms with van der Waals surface area (Å²) in [5.41, 5.74) is 0.710. The molecule has 0 saturated carbocycles. The highest BCUT2D eigenvalue weighted by molar-refractivity contribution is 6.35. The highest BCUT2D eigenvalue weighted by atomic mass is 35.5. The fourth-order valence-corrected chi connectivity index (χ4v) is 2.96. The van der Waals surface area contributed by atoms with Gasteiger partial charge in [0, 0.05) is 22.4 Å². The number of hydrogen-bond donors (Lipinski definition) is 1. The second-order valence-corrected chi connectivity index (χ2v) is 6.53. The van der Waals surface area contributed by atoms with Crippen LogP contribution in [0.2, 0.25) is 10.0 Å². The molecular formula is C17H15Cl2N5O3. The highest BCUT2D eigenvalue weighted by Gasteiger charge is 2.16. The maximum atomic E-state index is 12.0. The number of nitrogens with one attached hydrogen (secondary N) is 1. The first-order chi connectivity index (χ1) is 12.9. The minimum atomic E-state index is -0.613. The number of carbonyl (C=O) groups is 2. The van der Waals surface area contributed by atoms with E-state index in [1.807, 2.05) is 0 Å². The molecule has 0 bridgehead atoms. The van der Waals surface area contributed by atoms with E-state index in [9.17, 15) is 9.59 Å². The topological polar surface area (TPSA) is 98.5 Å². The molecule has 2 aromatic heterocycles. The number of ether oxygens (including phenoxy) is 1. The summed E-state index contributed by atoms with van der Waals surface area (Å²) in [6.45, 7) is 1.35. The van der Waals surface area contributed by atoms with Crippen molar-refractivity contribution in [2.24, 2.45) is 0 Å². The summed E-state index contributed by atoms with van der Waals surface area (Å²) in [6.07, 6.45) is 3.08. The van der Waals surface area contributed by atoms with E-state index >= 15 is 0 Å². The SMILES string of the molecule is C[C@H](NC(=O)COC(=O)Cc1nc2ncccn2n1)c1ccc(Cl)cc1Cl. The van der Waals surface area contributed by atoms with E-state index in [2.05, 4.69) is 20.4 Å². The van der Waals surface area contributed by atoms with Gasteiger partial charge < -0.3 is 10.1 Å². The molecule has 0 aliphatic heterocycles. The van der Waals surface area contributed by atoms with Crippen LogP contribution in [0.1, 0.15) is 24.4 Å². The van der Waals surface area contributed by atoms with Crippen molar-refractivity contribution in [2.45, 2.75) is 19.4 Å². The molecule has 0 radical (unpaired) electrons. The Kier molecular flexibility index (Phi) is 5.88. The number of carbonyl (C=O) groups excluding carboxylic acids is 2. The maximum Gasteiger partial charge on any atom is 0.314 e. The van der Waals surface area contributed by atoms with Gasteiger partial charge in [-0.2, -0.15) is 4.98 Å². The molecule has 3 aromatic rings. The second kappa shape index (κ2) is 8.32. The van der Waals surface area contributed by atoms with Gasteiger partial charge in [0.05, 0.1) is 6.04 Å². The molecule has 1 atom stereocenters. The van der Waals surface area contributed by atoms with Gasteiger partial charge in [0.25, 0.3) is 11.7 Å². The molecule has 0 spiro atoms. The van der Waals surface area contributed by atoms with Crippen molar-refractivity contribution >= 4 is 40.9 Å². The number of halogens is 2. The Bertz CT molecular complexity index is 959. The predicted molar refractivity (Wildman–Crippen MR) is 98.5 cm³/mol. The summed E-state index contributed by atoms with van der Waals surface area (Å²) >= 11 is 12.0. The average molecular weight is 408 g/mol. The normalized spacial score (nSPS) is 12.0. The van der Waals surface area contributed by atoms with Crippen LogP contribution in [0.4, 0.5) is 0 Å². The Morgan fingerprint density at radius 2 is 2.15 bits per heavy atom. The zero-order valence-corrected chi connectivity index (χ0v) is 15.7. The lowest BCUT2D eigenvalue weighted by Gasteiger charge is -2.16. The number of hydrogen-bond acceptors (Lipinski definition) is 6. The van der Waals surface area contributed by atoms with Crippen molar-refractivity contribution < 1.29 is 14.3 Å². The lowest BCUT2D eigenvalue weighted by molar-refractivity contribution is -0.148. The number of rotatable bonds is 6. The monoisotopic (exact) mass is 407 g/mol. The van der Waals surface area contributed by atoms with Crippen LogP contribution in [0, 0.1) is 0 Å². The van der Waals surface area contributed by atoms with Gasteiger partial charge in [-0.25, -0.2) is 9.50 Å². The first kappa shape index (κ1) is 19.1. The Morgan fingerprint density at radius 1 is 1.33 bits per heavy atom. The summed E-state index contributed by atoms with van der Waals surface area (Å²) in [6, 6.07) is 6.33. The van der Waals surface area contributed by atoms with E-state index in [1.54, 1.807) is 43.6 Å². The van der Waals surface area contributed by atoms with Gasteiger partial charge >= 0.3 is 5.97 Å². The van der Waals surface area contributed by atoms with E-state index in [-0.39, 0.29) is 18.3 Å². The average Bonchev–Trinajstić information content (AvgIpc) is 3.02. The van der Waals surface area contributed by atoms with Crippen LogP contribution in [0.5, 0.6) is 0 Å². The van der Waals surface area contributed by atoms with E-state index in [1.165, 1.54) is 4.52 Å². The van der Waals surface area contributed by atoms with Crippen molar-refractivity contribution in [1.29, 1.82) is 0 Å². The molecular weight excluding hydrogens is 393 g/mol. The summed E-state index contributed by atoms with van der Waals surface area (Å²) < 4.78 is 6.43. The maximum absolute atomic E-state index is 12.0. The van der Waals surface area contributed by atoms with Crippen LogP contribution in [-0.2, 0) is 20.7 Å². The highest BCUT2D eigenvalue weighted by Crippen LogP contribution is 2.25. The minimum Gasteiger partial charge on any atom is -0.455 e. The van der Waals surface area contributed by atoms with E-state index < -0.39 is 18.5 Å². The van der Waals surface area contributed by atoms with Crippen molar-refractivity contribution in [2.75, 3.05) is 6.61 Å². The van der Waals surface area contributed by atoms with Crippen LogP contribution in [-0.4, -0.2) is 38.1 Å². The summed E-state index contributed by atoms with van der Waals surface area (Å²) in [5.74, 6) is -0.420. The van der Waals surface area contributed by atoms with Gasteiger partial charge in [-0.15, -0.1) is 5.10 Å². The van der Waals surface area contributed by atoms with E-state index in [0.29, 0.717) is 21.4 Å². The number of amides is 1. The number of aromatic nitrogens is 4. The molecule has 0 aliphatic rings. The fraction of sp³-hybridized carbons (Fsp3) is 0.235. The molecule has 1 amide bonds. The first-order valence-corrected chi connectivity index (χ1v) is 8.74. The fourth-order valence-electron chi connectivity index (χ4n) is 2.39. The molecule has 1 N–H and O–H groups in total. The molecule has 1 aromatic carbocycles. The molecule has 0 saturated heterocycles. The third-order valence-corrected chi connectivity index (χ3v) is 4.20. The smallest absolute Gasteiger partial charge is 0.314 e. The zero-order valence-electron chi connectivity index (χ0n) is 14.2. The van der Waals surface area contributed by atoms with Crippen LogP contribution in [0.25, 0.3) is 5.78 Å². The van der Waals surface area contributed by atoms with Gasteiger partial charge in [-0.05, 0) is 30.7 Å². The second-order valence-electron chi connectivity index (χ2n) is 5.68. The van der Waals surface area contributed by atoms with Crippen molar-refractivity contribution in [3.05, 3.63) is 58.1 Å².